The third-order valence-electron chi connectivity index (χ3n) is 16.7. The van der Waals surface area contributed by atoms with E-state index in [0.717, 1.165) is 143 Å². The van der Waals surface area contributed by atoms with Crippen molar-refractivity contribution in [1.29, 1.82) is 0 Å². The molecule has 18 rings (SSSR count). The summed E-state index contributed by atoms with van der Waals surface area (Å²) in [6.45, 7) is 0. The van der Waals surface area contributed by atoms with Gasteiger partial charge in [-0.1, -0.05) is 158 Å². The lowest BCUT2D eigenvalue weighted by Crippen LogP contribution is -1.95. The lowest BCUT2D eigenvalue weighted by molar-refractivity contribution is 0.671. The predicted octanol–water partition coefficient (Wildman–Crippen LogP) is 19.5. The summed E-state index contributed by atoms with van der Waals surface area (Å²) in [5.74, 6) is 0. The van der Waals surface area contributed by atoms with Crippen LogP contribution in [0.5, 0.6) is 0 Å². The van der Waals surface area contributed by atoms with Crippen LogP contribution >= 0.6 is 0 Å². The van der Waals surface area contributed by atoms with Gasteiger partial charge in [-0.25, -0.2) is 0 Å². The highest BCUT2D eigenvalue weighted by molar-refractivity contribution is 6.41. The maximum Gasteiger partial charge on any atom is 0.160 e. The van der Waals surface area contributed by atoms with Crippen molar-refractivity contribution < 1.29 is 8.83 Å². The maximum absolute atomic E-state index is 7.18. The molecule has 0 amide bonds. The number of para-hydroxylation sites is 8. The highest BCUT2D eigenvalue weighted by Gasteiger charge is 2.30. The van der Waals surface area contributed by atoms with E-state index < -0.39 is 0 Å². The van der Waals surface area contributed by atoms with Crippen molar-refractivity contribution in [1.82, 2.24) is 18.3 Å². The van der Waals surface area contributed by atoms with E-state index in [0.29, 0.717) is 0 Å². The number of hydrogen-bond donors (Lipinski definition) is 0. The zero-order chi connectivity index (χ0) is 50.7. The summed E-state index contributed by atoms with van der Waals surface area (Å²) < 4.78 is 24.2. The van der Waals surface area contributed by atoms with E-state index in [-0.39, 0.29) is 0 Å². The van der Waals surface area contributed by atoms with Crippen LogP contribution in [0, 0.1) is 0 Å². The van der Waals surface area contributed by atoms with Gasteiger partial charge in [0, 0.05) is 87.4 Å². The molecule has 18 aromatic rings. The number of hydrogen-bond acceptors (Lipinski definition) is 2. The molecule has 0 aliphatic carbocycles. The molecule has 0 spiro atoms. The van der Waals surface area contributed by atoms with Gasteiger partial charge < -0.3 is 27.1 Å². The minimum absolute atomic E-state index is 0.867. The van der Waals surface area contributed by atoms with E-state index in [2.05, 4.69) is 273 Å². The summed E-state index contributed by atoms with van der Waals surface area (Å²) in [6.07, 6.45) is 0. The second kappa shape index (κ2) is 15.5. The van der Waals surface area contributed by atoms with Gasteiger partial charge in [0.15, 0.2) is 11.2 Å². The van der Waals surface area contributed by atoms with Gasteiger partial charge in [-0.3, -0.25) is 0 Å². The first kappa shape index (κ1) is 41.8. The van der Waals surface area contributed by atoms with Gasteiger partial charge >= 0.3 is 0 Å². The van der Waals surface area contributed by atoms with Crippen LogP contribution in [0.4, 0.5) is 0 Å². The van der Waals surface area contributed by atoms with Crippen molar-refractivity contribution in [2.75, 3.05) is 0 Å². The fourth-order valence-corrected chi connectivity index (χ4v) is 13.6. The Morgan fingerprint density at radius 2 is 0.526 bits per heavy atom. The first-order chi connectivity index (χ1) is 38.8. The molecule has 0 unspecified atom stereocenters. The lowest BCUT2D eigenvalue weighted by Gasteiger charge is -2.10. The average Bonchev–Trinajstić information content (AvgIpc) is 3.27. The zero-order valence-electron chi connectivity index (χ0n) is 41.9. The van der Waals surface area contributed by atoms with Crippen LogP contribution in [0.25, 0.3) is 165 Å². The molecule has 6 aromatic heterocycles. The molecule has 0 saturated heterocycles. The van der Waals surface area contributed by atoms with Crippen LogP contribution in [0.2, 0.25) is 0 Å². The van der Waals surface area contributed by atoms with E-state index in [4.69, 9.17) is 8.83 Å². The molecular formula is C72H42N4O2. The third-order valence-corrected chi connectivity index (χ3v) is 16.7. The predicted molar refractivity (Wildman–Crippen MR) is 324 cm³/mol. The molecule has 6 heterocycles. The number of benzene rings is 12. The maximum atomic E-state index is 7.18. The molecule has 0 fully saturated rings. The molecule has 0 saturated carbocycles. The first-order valence-electron chi connectivity index (χ1n) is 26.7. The molecule has 0 atom stereocenters. The van der Waals surface area contributed by atoms with E-state index in [9.17, 15) is 0 Å². The van der Waals surface area contributed by atoms with E-state index in [1.54, 1.807) is 0 Å². The molecule has 362 valence electrons. The number of rotatable bonds is 5. The van der Waals surface area contributed by atoms with Crippen LogP contribution < -0.4 is 0 Å². The molecule has 0 N–H and O–H groups in total. The van der Waals surface area contributed by atoms with Crippen LogP contribution in [-0.4, -0.2) is 18.3 Å². The topological polar surface area (TPSA) is 46.0 Å². The SMILES string of the molecule is c1ccc(-n2c3ccc(-c4ccc5c(c4)c4c(c6oc7ccccc7c6c6c7ccccc7n(-c7ccccc7)c64)n5-c4ccccc4)cc3c3c2c2oc4ccccc4c2c2c4ccccc4n(-c4ccccc4)c23)cc1. The van der Waals surface area contributed by atoms with Crippen molar-refractivity contribution in [2.45, 2.75) is 0 Å². The Labute approximate surface area is 444 Å². The molecule has 0 aliphatic heterocycles. The zero-order valence-corrected chi connectivity index (χ0v) is 41.9. The molecular weight excluding hydrogens is 953 g/mol. The van der Waals surface area contributed by atoms with Crippen LogP contribution in [0.15, 0.2) is 264 Å². The summed E-state index contributed by atoms with van der Waals surface area (Å²) in [6, 6.07) is 92.1. The standard InChI is InChI=1S/C72H42N4O2/c1-5-21-45(22-6-1)73-55-33-17-13-29-49(55)61-63-51-31-15-19-35-59(51)77-71(63)69-65(67(61)73)53-41-43(37-39-57(53)75(69)47-25-9-3-10-26-47)44-38-40-58-54(42-44)66-68-62(50-30-14-18-34-56(50)74(68)46-23-7-2-8-24-46)64-52-32-16-20-36-60(52)78-72(64)70(66)76(58)48-27-11-4-12-28-48/h1-42H. The average molecular weight is 995 g/mol. The summed E-state index contributed by atoms with van der Waals surface area (Å²) in [4.78, 5) is 0. The van der Waals surface area contributed by atoms with Gasteiger partial charge in [-0.05, 0) is 108 Å². The number of nitrogens with zero attached hydrogens (tertiary/aromatic N) is 4. The lowest BCUT2D eigenvalue weighted by atomic mass is 9.97. The Morgan fingerprint density at radius 3 is 0.910 bits per heavy atom. The fraction of sp³-hybridized carbons (Fsp3) is 0. The molecule has 0 bridgehead atoms. The largest absolute Gasteiger partial charge is 0.454 e. The molecule has 12 aromatic carbocycles. The van der Waals surface area contributed by atoms with E-state index in [1.807, 2.05) is 0 Å². The van der Waals surface area contributed by atoms with Crippen molar-refractivity contribution >= 4 is 131 Å². The van der Waals surface area contributed by atoms with Gasteiger partial charge in [0.1, 0.15) is 11.2 Å². The molecule has 0 aliphatic rings. The number of fused-ring (bicyclic) bond motifs is 24. The Bertz CT molecular complexity index is 5190. The van der Waals surface area contributed by atoms with Crippen LogP contribution in [-0.2, 0) is 0 Å². The van der Waals surface area contributed by atoms with Crippen molar-refractivity contribution in [3.8, 4) is 33.9 Å². The van der Waals surface area contributed by atoms with Crippen LogP contribution in [0.1, 0.15) is 0 Å². The summed E-state index contributed by atoms with van der Waals surface area (Å²) in [7, 11) is 0. The van der Waals surface area contributed by atoms with Gasteiger partial charge in [-0.15, -0.1) is 0 Å². The Kier molecular flexibility index (Phi) is 8.30. The van der Waals surface area contributed by atoms with Gasteiger partial charge in [0.2, 0.25) is 0 Å². The van der Waals surface area contributed by atoms with Gasteiger partial charge in [0.25, 0.3) is 0 Å². The van der Waals surface area contributed by atoms with Crippen molar-refractivity contribution in [2.24, 2.45) is 0 Å². The van der Waals surface area contributed by atoms with Gasteiger partial charge in [0.05, 0.1) is 44.1 Å². The summed E-state index contributed by atoms with van der Waals surface area (Å²) >= 11 is 0. The van der Waals surface area contributed by atoms with Crippen molar-refractivity contribution in [3.05, 3.63) is 255 Å². The highest BCUT2D eigenvalue weighted by Crippen LogP contribution is 2.52. The Morgan fingerprint density at radius 1 is 0.218 bits per heavy atom. The normalized spacial score (nSPS) is 12.4. The fourth-order valence-electron chi connectivity index (χ4n) is 13.6. The Hall–Kier alpha value is -10.6. The second-order valence-electron chi connectivity index (χ2n) is 20.7. The molecule has 78 heavy (non-hydrogen) atoms. The highest BCUT2D eigenvalue weighted by atomic mass is 16.3. The quantitative estimate of drug-likeness (QED) is 0.172. The number of aromatic nitrogens is 4. The molecule has 6 nitrogen and oxygen atoms in total. The van der Waals surface area contributed by atoms with E-state index in [1.165, 1.54) is 21.5 Å². The first-order valence-corrected chi connectivity index (χ1v) is 26.7. The number of furan rings is 2. The monoisotopic (exact) mass is 994 g/mol. The third kappa shape index (κ3) is 5.44. The summed E-state index contributed by atoms with van der Waals surface area (Å²) in [5, 5.41) is 13.7. The Balaban J connectivity index is 1.03. The summed E-state index contributed by atoms with van der Waals surface area (Å²) in [5.41, 5.74) is 18.9. The van der Waals surface area contributed by atoms with Crippen molar-refractivity contribution in [3.63, 3.8) is 0 Å². The van der Waals surface area contributed by atoms with Gasteiger partial charge in [-0.2, -0.15) is 0 Å². The minimum atomic E-state index is 0.867. The smallest absolute Gasteiger partial charge is 0.160 e. The van der Waals surface area contributed by atoms with E-state index >= 15 is 0 Å². The molecule has 0 radical (unpaired) electrons. The molecule has 6 heteroatoms. The minimum Gasteiger partial charge on any atom is -0.454 e. The second-order valence-corrected chi connectivity index (χ2v) is 20.7. The van der Waals surface area contributed by atoms with Crippen LogP contribution in [0.3, 0.4) is 0 Å².